The molecule has 5 rings (SSSR count). The Labute approximate surface area is 170 Å². The summed E-state index contributed by atoms with van der Waals surface area (Å²) in [4.78, 5) is 39.2. The number of amides is 2. The predicted octanol–water partition coefficient (Wildman–Crippen LogP) is 3.98. The Morgan fingerprint density at radius 2 is 1.46 bits per heavy atom. The highest BCUT2D eigenvalue weighted by molar-refractivity contribution is 9.10. The lowest BCUT2D eigenvalue weighted by Crippen LogP contribution is -2.32. The van der Waals surface area contributed by atoms with Gasteiger partial charge >= 0.3 is 5.97 Å². The Balaban J connectivity index is 1.33. The van der Waals surface area contributed by atoms with Crippen molar-refractivity contribution in [1.29, 1.82) is 0 Å². The molecule has 3 aliphatic rings. The lowest BCUT2D eigenvalue weighted by atomic mass is 9.85. The summed E-state index contributed by atoms with van der Waals surface area (Å²) >= 11 is 3.32. The second-order valence-electron chi connectivity index (χ2n) is 7.40. The number of allylic oxidation sites excluding steroid dienone is 2. The summed E-state index contributed by atoms with van der Waals surface area (Å²) in [6.45, 7) is 0. The maximum Gasteiger partial charge on any atom is 0.343 e. The molecule has 1 heterocycles. The number of nitrogens with zero attached hydrogens (tertiary/aromatic N) is 1. The fraction of sp³-hybridized carbons (Fsp3) is 0.227. The number of esters is 1. The molecule has 2 aromatic rings. The van der Waals surface area contributed by atoms with Gasteiger partial charge in [-0.25, -0.2) is 4.79 Å². The molecule has 0 N–H and O–H groups in total. The lowest BCUT2D eigenvalue weighted by molar-refractivity contribution is -0.123. The molecule has 2 aromatic carbocycles. The molecule has 1 saturated carbocycles. The van der Waals surface area contributed by atoms with E-state index in [0.29, 0.717) is 17.0 Å². The topological polar surface area (TPSA) is 63.7 Å². The summed E-state index contributed by atoms with van der Waals surface area (Å²) in [5, 5.41) is 0. The second kappa shape index (κ2) is 6.41. The number of ether oxygens (including phenoxy) is 1. The minimum atomic E-state index is -0.467. The summed E-state index contributed by atoms with van der Waals surface area (Å²) in [7, 11) is 0. The normalized spacial score (nSPS) is 27.4. The smallest absolute Gasteiger partial charge is 0.343 e. The highest BCUT2D eigenvalue weighted by Crippen LogP contribution is 2.53. The maximum absolute atomic E-state index is 12.8. The van der Waals surface area contributed by atoms with Crippen LogP contribution in [0, 0.1) is 23.7 Å². The number of hydrogen-bond acceptors (Lipinski definition) is 4. The van der Waals surface area contributed by atoms with Gasteiger partial charge < -0.3 is 4.74 Å². The Bertz CT molecular complexity index is 982. The zero-order chi connectivity index (χ0) is 19.4. The van der Waals surface area contributed by atoms with E-state index in [1.807, 2.05) is 0 Å². The predicted molar refractivity (Wildman–Crippen MR) is 106 cm³/mol. The van der Waals surface area contributed by atoms with Gasteiger partial charge in [-0.15, -0.1) is 0 Å². The number of hydrogen-bond donors (Lipinski definition) is 0. The van der Waals surface area contributed by atoms with E-state index < -0.39 is 5.97 Å². The van der Waals surface area contributed by atoms with Crippen molar-refractivity contribution in [1.82, 2.24) is 0 Å². The summed E-state index contributed by atoms with van der Waals surface area (Å²) in [6, 6.07) is 13.4. The first kappa shape index (κ1) is 17.4. The number of rotatable bonds is 3. The minimum Gasteiger partial charge on any atom is -0.423 e. The van der Waals surface area contributed by atoms with Crippen molar-refractivity contribution < 1.29 is 19.1 Å². The van der Waals surface area contributed by atoms with Crippen LogP contribution in [0.15, 0.2) is 65.2 Å². The SMILES string of the molecule is O=C(Oc1ccc(N2C(=O)C3C4C=CC(C4)C3C2=O)cc1)c1ccc(Br)cc1. The zero-order valence-corrected chi connectivity index (χ0v) is 16.3. The molecule has 1 aliphatic heterocycles. The van der Waals surface area contributed by atoms with E-state index in [4.69, 9.17) is 4.74 Å². The number of halogens is 1. The van der Waals surface area contributed by atoms with E-state index >= 15 is 0 Å². The van der Waals surface area contributed by atoms with Gasteiger partial charge in [0.2, 0.25) is 11.8 Å². The Morgan fingerprint density at radius 3 is 2.04 bits per heavy atom. The summed E-state index contributed by atoms with van der Waals surface area (Å²) in [5.74, 6) is -0.429. The van der Waals surface area contributed by atoms with Crippen molar-refractivity contribution in [3.8, 4) is 5.75 Å². The molecule has 2 fully saturated rings. The van der Waals surface area contributed by atoms with Crippen molar-refractivity contribution in [3.63, 3.8) is 0 Å². The lowest BCUT2D eigenvalue weighted by Gasteiger charge is -2.17. The third-order valence-electron chi connectivity index (χ3n) is 5.86. The molecule has 28 heavy (non-hydrogen) atoms. The third-order valence-corrected chi connectivity index (χ3v) is 6.38. The van der Waals surface area contributed by atoms with Crippen LogP contribution in [0.4, 0.5) is 5.69 Å². The first-order chi connectivity index (χ1) is 13.5. The minimum absolute atomic E-state index is 0.119. The average molecular weight is 438 g/mol. The van der Waals surface area contributed by atoms with E-state index in [2.05, 4.69) is 28.1 Å². The number of benzene rings is 2. The van der Waals surface area contributed by atoms with E-state index in [1.54, 1.807) is 48.5 Å². The van der Waals surface area contributed by atoms with E-state index in [-0.39, 0.29) is 35.5 Å². The summed E-state index contributed by atoms with van der Waals surface area (Å²) < 4.78 is 6.25. The van der Waals surface area contributed by atoms with Crippen molar-refractivity contribution in [2.24, 2.45) is 23.7 Å². The fourth-order valence-corrected chi connectivity index (χ4v) is 4.84. The molecule has 4 atom stereocenters. The molecule has 140 valence electrons. The van der Waals surface area contributed by atoms with Crippen LogP contribution in [0.5, 0.6) is 5.75 Å². The Hall–Kier alpha value is -2.73. The van der Waals surface area contributed by atoms with Crippen molar-refractivity contribution in [2.45, 2.75) is 6.42 Å². The van der Waals surface area contributed by atoms with Gasteiger partial charge in [-0.2, -0.15) is 0 Å². The van der Waals surface area contributed by atoms with Crippen LogP contribution >= 0.6 is 15.9 Å². The van der Waals surface area contributed by atoms with Gasteiger partial charge in [-0.05, 0) is 66.8 Å². The Kier molecular flexibility index (Phi) is 3.98. The second-order valence-corrected chi connectivity index (χ2v) is 8.32. The highest BCUT2D eigenvalue weighted by Gasteiger charge is 2.59. The standard InChI is InChI=1S/C22H16BrNO4/c23-15-5-3-12(4-6-15)22(27)28-17-9-7-16(8-10-17)24-20(25)18-13-1-2-14(11-13)19(18)21(24)26/h1-10,13-14,18-19H,11H2. The summed E-state index contributed by atoms with van der Waals surface area (Å²) in [5.41, 5.74) is 0.959. The average Bonchev–Trinajstić information content (AvgIpc) is 3.37. The number of imide groups is 1. The van der Waals surface area contributed by atoms with Gasteiger partial charge in [0.05, 0.1) is 23.1 Å². The van der Waals surface area contributed by atoms with Crippen LogP contribution in [-0.4, -0.2) is 17.8 Å². The molecule has 6 heteroatoms. The van der Waals surface area contributed by atoms with Crippen LogP contribution in [0.1, 0.15) is 16.8 Å². The molecule has 2 amide bonds. The number of carbonyl (C=O) groups is 3. The molecule has 2 bridgehead atoms. The molecule has 0 aromatic heterocycles. The molecule has 2 aliphatic carbocycles. The molecule has 4 unspecified atom stereocenters. The van der Waals surface area contributed by atoms with E-state index in [0.717, 1.165) is 10.9 Å². The molecule has 0 radical (unpaired) electrons. The van der Waals surface area contributed by atoms with Gasteiger partial charge in [-0.3, -0.25) is 14.5 Å². The van der Waals surface area contributed by atoms with E-state index in [1.165, 1.54) is 4.90 Å². The van der Waals surface area contributed by atoms with Gasteiger partial charge in [-0.1, -0.05) is 28.1 Å². The molecule has 0 spiro atoms. The molecule has 5 nitrogen and oxygen atoms in total. The van der Waals surface area contributed by atoms with Gasteiger partial charge in [0.25, 0.3) is 0 Å². The largest absolute Gasteiger partial charge is 0.423 e. The molecular formula is C22H16BrNO4. The van der Waals surface area contributed by atoms with Crippen LogP contribution in [0.2, 0.25) is 0 Å². The number of carbonyl (C=O) groups excluding carboxylic acids is 3. The third kappa shape index (κ3) is 2.63. The first-order valence-electron chi connectivity index (χ1n) is 9.17. The van der Waals surface area contributed by atoms with Crippen LogP contribution < -0.4 is 9.64 Å². The highest BCUT2D eigenvalue weighted by atomic mass is 79.9. The van der Waals surface area contributed by atoms with Gasteiger partial charge in [0.15, 0.2) is 0 Å². The maximum atomic E-state index is 12.8. The Morgan fingerprint density at radius 1 is 0.893 bits per heavy atom. The van der Waals surface area contributed by atoms with Crippen LogP contribution in [0.25, 0.3) is 0 Å². The molecule has 1 saturated heterocycles. The zero-order valence-electron chi connectivity index (χ0n) is 14.7. The van der Waals surface area contributed by atoms with E-state index in [9.17, 15) is 14.4 Å². The van der Waals surface area contributed by atoms with Gasteiger partial charge in [0, 0.05) is 4.47 Å². The van der Waals surface area contributed by atoms with Crippen LogP contribution in [-0.2, 0) is 9.59 Å². The van der Waals surface area contributed by atoms with Crippen molar-refractivity contribution in [2.75, 3.05) is 4.90 Å². The van der Waals surface area contributed by atoms with Crippen molar-refractivity contribution >= 4 is 39.4 Å². The van der Waals surface area contributed by atoms with Crippen LogP contribution in [0.3, 0.4) is 0 Å². The van der Waals surface area contributed by atoms with Gasteiger partial charge in [0.1, 0.15) is 5.75 Å². The van der Waals surface area contributed by atoms with Crippen molar-refractivity contribution in [3.05, 3.63) is 70.7 Å². The first-order valence-corrected chi connectivity index (χ1v) is 9.96. The number of anilines is 1. The fourth-order valence-electron chi connectivity index (χ4n) is 4.57. The monoisotopic (exact) mass is 437 g/mol. The number of fused-ring (bicyclic) bond motifs is 5. The summed E-state index contributed by atoms with van der Waals surface area (Å²) in [6.07, 6.45) is 5.06. The quantitative estimate of drug-likeness (QED) is 0.315. The molecular weight excluding hydrogens is 422 g/mol.